The first-order chi connectivity index (χ1) is 8.25. The largest absolute Gasteiger partial charge is 0.477 e. The molecule has 18 heavy (non-hydrogen) atoms. The van der Waals surface area contributed by atoms with Crippen molar-refractivity contribution in [2.24, 2.45) is 0 Å². The van der Waals surface area contributed by atoms with Gasteiger partial charge in [-0.15, -0.1) is 0 Å². The Hall–Kier alpha value is -1.24. The molecular weight excluding hydrogens is 301 g/mol. The van der Waals surface area contributed by atoms with Crippen LogP contribution < -0.4 is 0 Å². The van der Waals surface area contributed by atoms with Crippen molar-refractivity contribution in [3.63, 3.8) is 0 Å². The summed E-state index contributed by atoms with van der Waals surface area (Å²) in [6, 6.07) is 2.53. The molecule has 0 aliphatic carbocycles. The van der Waals surface area contributed by atoms with Gasteiger partial charge in [-0.1, -0.05) is 23.2 Å². The van der Waals surface area contributed by atoms with E-state index in [0.717, 1.165) is 0 Å². The summed E-state index contributed by atoms with van der Waals surface area (Å²) in [6.07, 6.45) is 1.24. The number of rotatable bonds is 1. The van der Waals surface area contributed by atoms with Crippen molar-refractivity contribution in [2.45, 2.75) is 4.90 Å². The Balaban J connectivity index is 2.82. The van der Waals surface area contributed by atoms with E-state index in [1.54, 1.807) is 0 Å². The van der Waals surface area contributed by atoms with Gasteiger partial charge in [-0.2, -0.15) is 0 Å². The molecule has 1 aliphatic heterocycles. The first-order valence-corrected chi connectivity index (χ1v) is 6.87. The second-order valence-corrected chi connectivity index (χ2v) is 6.36. The molecule has 1 N–H and O–H groups in total. The van der Waals surface area contributed by atoms with E-state index in [2.05, 4.69) is 0 Å². The molecule has 0 saturated heterocycles. The van der Waals surface area contributed by atoms with Gasteiger partial charge in [-0.05, 0) is 23.8 Å². The summed E-state index contributed by atoms with van der Waals surface area (Å²) in [5, 5.41) is 9.22. The second kappa shape index (κ2) is 4.15. The van der Waals surface area contributed by atoms with Crippen molar-refractivity contribution in [1.29, 1.82) is 0 Å². The van der Waals surface area contributed by atoms with E-state index in [-0.39, 0.29) is 26.2 Å². The van der Waals surface area contributed by atoms with Crippen molar-refractivity contribution in [3.8, 4) is 0 Å². The van der Waals surface area contributed by atoms with Crippen LogP contribution in [0.1, 0.15) is 5.56 Å². The van der Waals surface area contributed by atoms with Gasteiger partial charge in [0.1, 0.15) is 5.70 Å². The maximum Gasteiger partial charge on any atom is 0.353 e. The number of hydrogen-bond acceptors (Lipinski definition) is 3. The molecule has 0 fully saturated rings. The van der Waals surface area contributed by atoms with Gasteiger partial charge < -0.3 is 5.11 Å². The molecule has 1 heterocycles. The van der Waals surface area contributed by atoms with Crippen LogP contribution in [-0.2, 0) is 14.8 Å². The molecule has 1 aromatic rings. The lowest BCUT2D eigenvalue weighted by atomic mass is 10.2. The molecule has 96 valence electrons. The van der Waals surface area contributed by atoms with Gasteiger partial charge in [0.05, 0.1) is 14.9 Å². The van der Waals surface area contributed by atoms with Crippen molar-refractivity contribution in [1.82, 2.24) is 4.31 Å². The summed E-state index contributed by atoms with van der Waals surface area (Å²) in [5.74, 6) is -1.34. The Bertz CT molecular complexity index is 681. The molecule has 0 amide bonds. The minimum absolute atomic E-state index is 0.0654. The van der Waals surface area contributed by atoms with E-state index in [4.69, 9.17) is 28.3 Å². The normalized spacial score (nSPS) is 17.1. The van der Waals surface area contributed by atoms with Gasteiger partial charge >= 0.3 is 5.97 Å². The molecule has 1 aliphatic rings. The third-order valence-corrected chi connectivity index (χ3v) is 5.09. The van der Waals surface area contributed by atoms with E-state index >= 15 is 0 Å². The highest BCUT2D eigenvalue weighted by Gasteiger charge is 2.33. The molecule has 5 nitrogen and oxygen atoms in total. The number of fused-ring (bicyclic) bond motifs is 1. The van der Waals surface area contributed by atoms with Crippen LogP contribution in [0.4, 0.5) is 0 Å². The van der Waals surface area contributed by atoms with Crippen molar-refractivity contribution < 1.29 is 18.3 Å². The van der Waals surface area contributed by atoms with Crippen LogP contribution in [0.15, 0.2) is 22.7 Å². The predicted molar refractivity (Wildman–Crippen MR) is 67.0 cm³/mol. The quantitative estimate of drug-likeness (QED) is 0.861. The van der Waals surface area contributed by atoms with Crippen LogP contribution in [0.2, 0.25) is 10.0 Å². The number of carboxylic acids is 1. The lowest BCUT2D eigenvalue weighted by molar-refractivity contribution is -0.133. The number of carbonyl (C=O) groups is 1. The second-order valence-electron chi connectivity index (χ2n) is 3.61. The van der Waals surface area contributed by atoms with Gasteiger partial charge in [0.25, 0.3) is 10.0 Å². The van der Waals surface area contributed by atoms with Gasteiger partial charge in [0, 0.05) is 7.05 Å². The fraction of sp³-hybridized carbons (Fsp3) is 0.100. The smallest absolute Gasteiger partial charge is 0.353 e. The van der Waals surface area contributed by atoms with Crippen LogP contribution in [0.5, 0.6) is 0 Å². The Labute approximate surface area is 113 Å². The summed E-state index contributed by atoms with van der Waals surface area (Å²) in [7, 11) is -2.75. The van der Waals surface area contributed by atoms with Gasteiger partial charge in [0.2, 0.25) is 0 Å². The maximum atomic E-state index is 12.1. The zero-order valence-electron chi connectivity index (χ0n) is 9.02. The highest BCUT2D eigenvalue weighted by molar-refractivity contribution is 7.89. The third-order valence-electron chi connectivity index (χ3n) is 2.54. The molecule has 0 saturated carbocycles. The molecule has 0 radical (unpaired) electrons. The minimum Gasteiger partial charge on any atom is -0.477 e. The van der Waals surface area contributed by atoms with E-state index in [0.29, 0.717) is 4.31 Å². The van der Waals surface area contributed by atoms with E-state index in [9.17, 15) is 13.2 Å². The monoisotopic (exact) mass is 307 g/mol. The molecule has 0 aromatic heterocycles. The molecule has 0 spiro atoms. The number of halogens is 2. The zero-order valence-corrected chi connectivity index (χ0v) is 11.3. The number of benzene rings is 1. The maximum absolute atomic E-state index is 12.1. The molecular formula is C10H7Cl2NO4S. The van der Waals surface area contributed by atoms with Crippen LogP contribution in [0.3, 0.4) is 0 Å². The van der Waals surface area contributed by atoms with E-state index in [1.807, 2.05) is 0 Å². The highest BCUT2D eigenvalue weighted by atomic mass is 35.5. The summed E-state index contributed by atoms with van der Waals surface area (Å²) in [4.78, 5) is 10.9. The summed E-state index contributed by atoms with van der Waals surface area (Å²) >= 11 is 11.6. The van der Waals surface area contributed by atoms with Crippen molar-refractivity contribution in [2.75, 3.05) is 7.05 Å². The molecule has 2 rings (SSSR count). The number of nitrogens with zero attached hydrogens (tertiary/aromatic N) is 1. The molecule has 8 heteroatoms. The highest BCUT2D eigenvalue weighted by Crippen LogP contribution is 2.35. The van der Waals surface area contributed by atoms with Gasteiger partial charge in [-0.3, -0.25) is 4.31 Å². The van der Waals surface area contributed by atoms with E-state index < -0.39 is 16.0 Å². The first kappa shape index (κ1) is 13.2. The fourth-order valence-corrected chi connectivity index (χ4v) is 3.36. The molecule has 1 aromatic carbocycles. The Kier molecular flexibility index (Phi) is 3.04. The number of likely N-dealkylation sites (N-methyl/N-ethyl adjacent to an activating group) is 1. The lowest BCUT2D eigenvalue weighted by Crippen LogP contribution is -2.33. The van der Waals surface area contributed by atoms with Crippen molar-refractivity contribution in [3.05, 3.63) is 33.4 Å². The van der Waals surface area contributed by atoms with Crippen LogP contribution >= 0.6 is 23.2 Å². The van der Waals surface area contributed by atoms with Crippen LogP contribution in [0.25, 0.3) is 6.08 Å². The van der Waals surface area contributed by atoms with Crippen molar-refractivity contribution >= 4 is 45.3 Å². The topological polar surface area (TPSA) is 74.7 Å². The average Bonchev–Trinajstić information content (AvgIpc) is 2.26. The number of aliphatic carboxylic acids is 1. The molecule has 0 bridgehead atoms. The van der Waals surface area contributed by atoms with E-state index in [1.165, 1.54) is 25.3 Å². The predicted octanol–water partition coefficient (Wildman–Crippen LogP) is 2.05. The fourth-order valence-electron chi connectivity index (χ4n) is 1.59. The standard InChI is InChI=1S/C10H7Cl2NO4S/c1-13-8(10(14)15)3-5-2-6(11)7(12)4-9(5)18(13,16)17/h2-4H,1H3,(H,14,15). The Morgan fingerprint density at radius 1 is 1.28 bits per heavy atom. The molecule has 0 atom stereocenters. The Morgan fingerprint density at radius 2 is 1.83 bits per heavy atom. The SMILES string of the molecule is CN1C(C(=O)O)=Cc2cc(Cl)c(Cl)cc2S1(=O)=O. The lowest BCUT2D eigenvalue weighted by Gasteiger charge is -2.25. The third kappa shape index (κ3) is 1.86. The van der Waals surface area contributed by atoms with Crippen LogP contribution in [0, 0.1) is 0 Å². The number of sulfonamides is 1. The van der Waals surface area contributed by atoms with Crippen LogP contribution in [-0.4, -0.2) is 30.8 Å². The number of carboxylic acid groups (broad SMARTS) is 1. The average molecular weight is 308 g/mol. The van der Waals surface area contributed by atoms with Gasteiger partial charge in [0.15, 0.2) is 0 Å². The molecule has 0 unspecified atom stereocenters. The zero-order chi connectivity index (χ0) is 13.7. The minimum atomic E-state index is -3.91. The number of hydrogen-bond donors (Lipinski definition) is 1. The van der Waals surface area contributed by atoms with Gasteiger partial charge in [-0.25, -0.2) is 13.2 Å². The Morgan fingerprint density at radius 3 is 2.39 bits per heavy atom. The summed E-state index contributed by atoms with van der Waals surface area (Å²) in [6.45, 7) is 0. The summed E-state index contributed by atoms with van der Waals surface area (Å²) < 4.78 is 24.9. The first-order valence-electron chi connectivity index (χ1n) is 4.68. The summed E-state index contributed by atoms with van der Waals surface area (Å²) in [5.41, 5.74) is -0.138.